The number of hydrogen-bond donors (Lipinski definition) is 3. The molecule has 0 aliphatic carbocycles. The minimum Gasteiger partial charge on any atom is -0.392 e. The topological polar surface area (TPSA) is 75.3 Å². The molecule has 14 heavy (non-hydrogen) atoms. The summed E-state index contributed by atoms with van der Waals surface area (Å²) in [5.74, 6) is -0.0286. The molecule has 1 amide bonds. The Hall–Kier alpha value is -0.870. The van der Waals surface area contributed by atoms with Crippen molar-refractivity contribution in [1.82, 2.24) is 5.32 Å². The van der Waals surface area contributed by atoms with Gasteiger partial charge in [-0.2, -0.15) is 0 Å². The largest absolute Gasteiger partial charge is 0.392 e. The van der Waals surface area contributed by atoms with Gasteiger partial charge in [0.2, 0.25) is 5.91 Å². The van der Waals surface area contributed by atoms with Gasteiger partial charge in [-0.25, -0.2) is 0 Å². The number of aliphatic hydroxyl groups is 1. The van der Waals surface area contributed by atoms with E-state index in [-0.39, 0.29) is 24.5 Å². The van der Waals surface area contributed by atoms with Gasteiger partial charge >= 0.3 is 0 Å². The zero-order valence-electron chi connectivity index (χ0n) is 9.03. The maximum atomic E-state index is 11.4. The molecule has 0 aromatic heterocycles. The smallest absolute Gasteiger partial charge is 0.237 e. The van der Waals surface area contributed by atoms with Crippen LogP contribution in [0.3, 0.4) is 0 Å². The van der Waals surface area contributed by atoms with E-state index < -0.39 is 6.04 Å². The first-order valence-corrected chi connectivity index (χ1v) is 4.82. The van der Waals surface area contributed by atoms with Crippen LogP contribution in [0.25, 0.3) is 0 Å². The van der Waals surface area contributed by atoms with Crippen LogP contribution >= 0.6 is 0 Å². The normalized spacial score (nSPS) is 15.9. The van der Waals surface area contributed by atoms with E-state index in [4.69, 9.17) is 10.8 Å². The van der Waals surface area contributed by atoms with Crippen molar-refractivity contribution in [1.29, 1.82) is 0 Å². The standard InChI is InChI=1S/C10H20N2O2/c1-7(2)9(11)10(14)12-8(3)5-4-6-13/h4-5,7-9,13H,6,11H2,1-3H3,(H,12,14)/t8?,9-/m0/s1. The fourth-order valence-corrected chi connectivity index (χ4v) is 0.936. The molecule has 0 aromatic carbocycles. The Bertz CT molecular complexity index is 202. The average Bonchev–Trinajstić information content (AvgIpc) is 2.13. The first-order valence-electron chi connectivity index (χ1n) is 4.82. The zero-order chi connectivity index (χ0) is 11.1. The van der Waals surface area contributed by atoms with E-state index in [1.807, 2.05) is 20.8 Å². The fraction of sp³-hybridized carbons (Fsp3) is 0.700. The minimum absolute atomic E-state index is 0.0174. The third kappa shape index (κ3) is 4.99. The maximum absolute atomic E-state index is 11.4. The summed E-state index contributed by atoms with van der Waals surface area (Å²) in [6.45, 7) is 5.62. The predicted molar refractivity (Wildman–Crippen MR) is 56.6 cm³/mol. The molecule has 0 aliphatic heterocycles. The molecule has 0 rings (SSSR count). The monoisotopic (exact) mass is 200 g/mol. The molecule has 0 saturated carbocycles. The summed E-state index contributed by atoms with van der Waals surface area (Å²) in [5.41, 5.74) is 5.65. The first-order chi connectivity index (χ1) is 6.49. The van der Waals surface area contributed by atoms with E-state index in [1.54, 1.807) is 12.2 Å². The van der Waals surface area contributed by atoms with Gasteiger partial charge < -0.3 is 16.2 Å². The predicted octanol–water partition coefficient (Wildman–Crippen LogP) is 0.0229. The van der Waals surface area contributed by atoms with Crippen LogP contribution in [0.1, 0.15) is 20.8 Å². The Morgan fingerprint density at radius 3 is 2.50 bits per heavy atom. The lowest BCUT2D eigenvalue weighted by Crippen LogP contribution is -2.46. The Morgan fingerprint density at radius 2 is 2.07 bits per heavy atom. The highest BCUT2D eigenvalue weighted by Gasteiger charge is 2.17. The summed E-state index contributed by atoms with van der Waals surface area (Å²) in [4.78, 5) is 11.4. The highest BCUT2D eigenvalue weighted by Crippen LogP contribution is 1.98. The molecule has 0 saturated heterocycles. The van der Waals surface area contributed by atoms with Crippen molar-refractivity contribution in [2.24, 2.45) is 11.7 Å². The van der Waals surface area contributed by atoms with Gasteiger partial charge in [0.05, 0.1) is 12.6 Å². The molecule has 4 N–H and O–H groups in total. The van der Waals surface area contributed by atoms with Gasteiger partial charge in [0, 0.05) is 6.04 Å². The van der Waals surface area contributed by atoms with Crippen LogP contribution in [0, 0.1) is 5.92 Å². The summed E-state index contributed by atoms with van der Waals surface area (Å²) in [6, 6.07) is -0.570. The molecular formula is C10H20N2O2. The fourth-order valence-electron chi connectivity index (χ4n) is 0.936. The van der Waals surface area contributed by atoms with Crippen molar-refractivity contribution in [3.05, 3.63) is 12.2 Å². The van der Waals surface area contributed by atoms with E-state index in [0.717, 1.165) is 0 Å². The third-order valence-corrected chi connectivity index (χ3v) is 1.92. The highest BCUT2D eigenvalue weighted by molar-refractivity contribution is 5.82. The van der Waals surface area contributed by atoms with Crippen LogP contribution in [0.15, 0.2) is 12.2 Å². The van der Waals surface area contributed by atoms with Gasteiger partial charge in [-0.3, -0.25) is 4.79 Å². The molecule has 1 unspecified atom stereocenters. The van der Waals surface area contributed by atoms with Crippen molar-refractivity contribution >= 4 is 5.91 Å². The summed E-state index contributed by atoms with van der Waals surface area (Å²) in [5, 5.41) is 11.3. The number of nitrogens with two attached hydrogens (primary N) is 1. The van der Waals surface area contributed by atoms with Crippen LogP contribution in [-0.2, 0) is 4.79 Å². The van der Waals surface area contributed by atoms with Gasteiger partial charge in [0.1, 0.15) is 0 Å². The number of carbonyl (C=O) groups excluding carboxylic acids is 1. The van der Waals surface area contributed by atoms with Gasteiger partial charge in [0.25, 0.3) is 0 Å². The Kier molecular flexibility index (Phi) is 6.16. The maximum Gasteiger partial charge on any atom is 0.237 e. The lowest BCUT2D eigenvalue weighted by Gasteiger charge is -2.17. The van der Waals surface area contributed by atoms with E-state index in [0.29, 0.717) is 0 Å². The van der Waals surface area contributed by atoms with Crippen LogP contribution in [0.2, 0.25) is 0 Å². The molecule has 2 atom stereocenters. The van der Waals surface area contributed by atoms with Crippen LogP contribution in [0.5, 0.6) is 0 Å². The van der Waals surface area contributed by atoms with E-state index in [1.165, 1.54) is 0 Å². The van der Waals surface area contributed by atoms with Gasteiger partial charge in [0.15, 0.2) is 0 Å². The number of amides is 1. The summed E-state index contributed by atoms with van der Waals surface area (Å²) in [6.07, 6.45) is 3.32. The third-order valence-electron chi connectivity index (χ3n) is 1.92. The molecule has 0 heterocycles. The summed E-state index contributed by atoms with van der Waals surface area (Å²) < 4.78 is 0. The molecule has 0 aromatic rings. The molecule has 4 nitrogen and oxygen atoms in total. The van der Waals surface area contributed by atoms with Crippen molar-refractivity contribution in [2.75, 3.05) is 6.61 Å². The highest BCUT2D eigenvalue weighted by atomic mass is 16.2. The van der Waals surface area contributed by atoms with Crippen molar-refractivity contribution < 1.29 is 9.90 Å². The SMILES string of the molecule is CC(C=CCO)NC(=O)[C@@H](N)C(C)C. The molecule has 0 bridgehead atoms. The zero-order valence-corrected chi connectivity index (χ0v) is 9.03. The second kappa shape index (κ2) is 6.56. The molecule has 0 radical (unpaired) electrons. The molecular weight excluding hydrogens is 180 g/mol. The van der Waals surface area contributed by atoms with E-state index in [2.05, 4.69) is 5.32 Å². The molecule has 0 fully saturated rings. The number of rotatable bonds is 5. The minimum atomic E-state index is -0.472. The second-order valence-electron chi connectivity index (χ2n) is 3.68. The van der Waals surface area contributed by atoms with Crippen molar-refractivity contribution in [3.8, 4) is 0 Å². The molecule has 82 valence electrons. The number of nitrogens with one attached hydrogen (secondary N) is 1. The Balaban J connectivity index is 3.99. The first kappa shape index (κ1) is 13.1. The molecule has 4 heteroatoms. The lowest BCUT2D eigenvalue weighted by molar-refractivity contribution is -0.123. The van der Waals surface area contributed by atoms with Crippen molar-refractivity contribution in [3.63, 3.8) is 0 Å². The molecule has 0 aliphatic rings. The average molecular weight is 200 g/mol. The number of hydrogen-bond acceptors (Lipinski definition) is 3. The van der Waals surface area contributed by atoms with E-state index in [9.17, 15) is 4.79 Å². The quantitative estimate of drug-likeness (QED) is 0.548. The van der Waals surface area contributed by atoms with Crippen LogP contribution in [0.4, 0.5) is 0 Å². The van der Waals surface area contributed by atoms with Gasteiger partial charge in [-0.1, -0.05) is 26.0 Å². The summed E-state index contributed by atoms with van der Waals surface area (Å²) >= 11 is 0. The Morgan fingerprint density at radius 1 is 1.50 bits per heavy atom. The number of aliphatic hydroxyl groups excluding tert-OH is 1. The number of carbonyl (C=O) groups is 1. The Labute approximate surface area is 85.2 Å². The lowest BCUT2D eigenvalue weighted by atomic mass is 10.0. The van der Waals surface area contributed by atoms with Crippen LogP contribution < -0.4 is 11.1 Å². The van der Waals surface area contributed by atoms with Crippen LogP contribution in [-0.4, -0.2) is 29.7 Å². The van der Waals surface area contributed by atoms with Gasteiger partial charge in [-0.05, 0) is 12.8 Å². The van der Waals surface area contributed by atoms with Gasteiger partial charge in [-0.15, -0.1) is 0 Å². The van der Waals surface area contributed by atoms with Crippen molar-refractivity contribution in [2.45, 2.75) is 32.9 Å². The van der Waals surface area contributed by atoms with E-state index >= 15 is 0 Å². The second-order valence-corrected chi connectivity index (χ2v) is 3.68. The summed E-state index contributed by atoms with van der Waals surface area (Å²) in [7, 11) is 0. The molecule has 0 spiro atoms.